The maximum atomic E-state index is 11.0. The van der Waals surface area contributed by atoms with Gasteiger partial charge in [0.2, 0.25) is 0 Å². The minimum absolute atomic E-state index is 0.178. The fraction of sp³-hybridized carbons (Fsp3) is 0.769. The first-order valence-electron chi connectivity index (χ1n) is 5.72. The highest BCUT2D eigenvalue weighted by molar-refractivity contribution is 5.66. The molecule has 0 aliphatic heterocycles. The third kappa shape index (κ3) is 7.18. The molecular weight excluding hydrogens is 188 g/mol. The molecule has 0 bridgehead atoms. The van der Waals surface area contributed by atoms with Gasteiger partial charge >= 0.3 is 5.97 Å². The molecule has 0 saturated heterocycles. The summed E-state index contributed by atoms with van der Waals surface area (Å²) >= 11 is 0. The maximum Gasteiger partial charge on any atom is 0.303 e. The molecule has 2 heteroatoms. The second kappa shape index (κ2) is 6.65. The molecular formula is C13H24O2. The number of hydrogen-bond donors (Lipinski definition) is 0. The van der Waals surface area contributed by atoms with Gasteiger partial charge in [0.15, 0.2) is 0 Å². The monoisotopic (exact) mass is 212 g/mol. The lowest BCUT2D eigenvalue weighted by Crippen LogP contribution is -2.30. The molecule has 0 amide bonds. The zero-order chi connectivity index (χ0) is 11.9. The van der Waals surface area contributed by atoms with Gasteiger partial charge in [-0.05, 0) is 40.0 Å². The molecule has 88 valence electrons. The van der Waals surface area contributed by atoms with Gasteiger partial charge in [0.05, 0.1) is 0 Å². The van der Waals surface area contributed by atoms with E-state index in [0.717, 1.165) is 25.7 Å². The average Bonchev–Trinajstić information content (AvgIpc) is 2.01. The van der Waals surface area contributed by atoms with Gasteiger partial charge in [-0.3, -0.25) is 4.79 Å². The highest BCUT2D eigenvalue weighted by Crippen LogP contribution is 2.24. The molecule has 0 aliphatic carbocycles. The van der Waals surface area contributed by atoms with Crippen molar-refractivity contribution < 1.29 is 9.53 Å². The lowest BCUT2D eigenvalue weighted by atomic mass is 9.94. The van der Waals surface area contributed by atoms with Crippen molar-refractivity contribution in [2.24, 2.45) is 0 Å². The van der Waals surface area contributed by atoms with E-state index in [0.29, 0.717) is 0 Å². The van der Waals surface area contributed by atoms with Gasteiger partial charge in [-0.1, -0.05) is 25.0 Å². The molecule has 0 fully saturated rings. The topological polar surface area (TPSA) is 26.3 Å². The quantitative estimate of drug-likeness (QED) is 0.493. The van der Waals surface area contributed by atoms with Crippen LogP contribution in [-0.2, 0) is 9.53 Å². The van der Waals surface area contributed by atoms with Crippen molar-refractivity contribution in [1.29, 1.82) is 0 Å². The Morgan fingerprint density at radius 3 is 2.27 bits per heavy atom. The van der Waals surface area contributed by atoms with Crippen LogP contribution in [-0.4, -0.2) is 11.6 Å². The van der Waals surface area contributed by atoms with Crippen molar-refractivity contribution in [2.45, 2.75) is 65.9 Å². The normalized spacial score (nSPS) is 14.2. The average molecular weight is 212 g/mol. The molecule has 0 heterocycles. The van der Waals surface area contributed by atoms with Crippen LogP contribution >= 0.6 is 0 Å². The number of ether oxygens (including phenoxy) is 1. The van der Waals surface area contributed by atoms with Crippen LogP contribution in [0.1, 0.15) is 60.3 Å². The molecule has 0 N–H and O–H groups in total. The van der Waals surface area contributed by atoms with Crippen LogP contribution < -0.4 is 0 Å². The summed E-state index contributed by atoms with van der Waals surface area (Å²) in [6.45, 7) is 9.79. The first-order valence-corrected chi connectivity index (χ1v) is 5.72. The minimum atomic E-state index is -0.285. The van der Waals surface area contributed by atoms with E-state index < -0.39 is 0 Å². The molecule has 15 heavy (non-hydrogen) atoms. The largest absolute Gasteiger partial charge is 0.460 e. The third-order valence-corrected chi connectivity index (χ3v) is 2.39. The van der Waals surface area contributed by atoms with E-state index >= 15 is 0 Å². The maximum absolute atomic E-state index is 11.0. The lowest BCUT2D eigenvalue weighted by Gasteiger charge is -2.28. The van der Waals surface area contributed by atoms with Crippen molar-refractivity contribution >= 4 is 5.97 Å². The van der Waals surface area contributed by atoms with Gasteiger partial charge in [-0.25, -0.2) is 0 Å². The number of esters is 1. The molecule has 1 atom stereocenters. The second-order valence-corrected chi connectivity index (χ2v) is 4.61. The molecule has 0 spiro atoms. The Hall–Kier alpha value is -0.790. The summed E-state index contributed by atoms with van der Waals surface area (Å²) in [6, 6.07) is 0. The molecule has 0 radical (unpaired) electrons. The number of allylic oxidation sites excluding steroid dienone is 2. The first kappa shape index (κ1) is 14.2. The standard InChI is InChI=1S/C13H24O2/c1-6-9-13(5,15-12(4)14)10-7-8-11(2)3/h8H,6-7,9-10H2,1-5H3. The molecule has 0 aromatic carbocycles. The van der Waals surface area contributed by atoms with Gasteiger partial charge in [0, 0.05) is 6.92 Å². The van der Waals surface area contributed by atoms with Crippen molar-refractivity contribution in [3.63, 3.8) is 0 Å². The Morgan fingerprint density at radius 2 is 1.87 bits per heavy atom. The Balaban J connectivity index is 4.24. The van der Waals surface area contributed by atoms with Crippen LogP contribution in [0.2, 0.25) is 0 Å². The minimum Gasteiger partial charge on any atom is -0.460 e. The van der Waals surface area contributed by atoms with Crippen molar-refractivity contribution in [1.82, 2.24) is 0 Å². The summed E-state index contributed by atoms with van der Waals surface area (Å²) in [6.07, 6.45) is 6.05. The predicted molar refractivity (Wildman–Crippen MR) is 63.7 cm³/mol. The highest BCUT2D eigenvalue weighted by Gasteiger charge is 2.25. The van der Waals surface area contributed by atoms with E-state index in [1.807, 2.05) is 6.92 Å². The fourth-order valence-corrected chi connectivity index (χ4v) is 1.77. The summed E-state index contributed by atoms with van der Waals surface area (Å²) in [5, 5.41) is 0. The Kier molecular flexibility index (Phi) is 6.30. The molecule has 0 aromatic heterocycles. The van der Waals surface area contributed by atoms with Crippen LogP contribution in [0, 0.1) is 0 Å². The number of carbonyl (C=O) groups excluding carboxylic acids is 1. The van der Waals surface area contributed by atoms with Crippen molar-refractivity contribution in [3.05, 3.63) is 11.6 Å². The molecule has 0 aromatic rings. The molecule has 0 aliphatic rings. The van der Waals surface area contributed by atoms with Gasteiger partial charge in [-0.15, -0.1) is 0 Å². The summed E-state index contributed by atoms with van der Waals surface area (Å²) in [5.74, 6) is -0.178. The van der Waals surface area contributed by atoms with E-state index in [2.05, 4.69) is 26.8 Å². The molecule has 0 rings (SSSR count). The Bertz CT molecular complexity index is 227. The molecule has 1 unspecified atom stereocenters. The lowest BCUT2D eigenvalue weighted by molar-refractivity contribution is -0.156. The zero-order valence-electron chi connectivity index (χ0n) is 10.7. The van der Waals surface area contributed by atoms with Gasteiger partial charge < -0.3 is 4.74 Å². The van der Waals surface area contributed by atoms with E-state index in [9.17, 15) is 4.79 Å². The van der Waals surface area contributed by atoms with Gasteiger partial charge in [0.25, 0.3) is 0 Å². The van der Waals surface area contributed by atoms with Crippen molar-refractivity contribution in [3.8, 4) is 0 Å². The van der Waals surface area contributed by atoms with Crippen molar-refractivity contribution in [2.75, 3.05) is 0 Å². The molecule has 0 saturated carbocycles. The highest BCUT2D eigenvalue weighted by atomic mass is 16.6. The van der Waals surface area contributed by atoms with Crippen LogP contribution in [0.4, 0.5) is 0 Å². The van der Waals surface area contributed by atoms with Gasteiger partial charge in [0.1, 0.15) is 5.60 Å². The summed E-state index contributed by atoms with van der Waals surface area (Å²) in [4.78, 5) is 11.0. The number of rotatable bonds is 6. The number of hydrogen-bond acceptors (Lipinski definition) is 2. The van der Waals surface area contributed by atoms with E-state index in [1.165, 1.54) is 12.5 Å². The van der Waals surface area contributed by atoms with E-state index in [1.54, 1.807) is 0 Å². The summed E-state index contributed by atoms with van der Waals surface area (Å²) in [7, 11) is 0. The Labute approximate surface area is 93.7 Å². The van der Waals surface area contributed by atoms with Crippen LogP contribution in [0.5, 0.6) is 0 Å². The first-order chi connectivity index (χ1) is 6.89. The van der Waals surface area contributed by atoms with Crippen LogP contribution in [0.15, 0.2) is 11.6 Å². The summed E-state index contributed by atoms with van der Waals surface area (Å²) in [5.41, 5.74) is 1.03. The van der Waals surface area contributed by atoms with Crippen LogP contribution in [0.3, 0.4) is 0 Å². The van der Waals surface area contributed by atoms with Crippen LogP contribution in [0.25, 0.3) is 0 Å². The zero-order valence-corrected chi connectivity index (χ0v) is 10.7. The second-order valence-electron chi connectivity index (χ2n) is 4.61. The van der Waals surface area contributed by atoms with E-state index in [-0.39, 0.29) is 11.6 Å². The SMILES string of the molecule is CCCC(C)(CCC=C(C)C)OC(C)=O. The third-order valence-electron chi connectivity index (χ3n) is 2.39. The fourth-order valence-electron chi connectivity index (χ4n) is 1.77. The molecule has 2 nitrogen and oxygen atoms in total. The number of carbonyl (C=O) groups is 1. The van der Waals surface area contributed by atoms with E-state index in [4.69, 9.17) is 4.74 Å². The summed E-state index contributed by atoms with van der Waals surface area (Å²) < 4.78 is 5.39. The predicted octanol–water partition coefficient (Wildman–Crippen LogP) is 3.85. The smallest absolute Gasteiger partial charge is 0.303 e. The Morgan fingerprint density at radius 1 is 1.27 bits per heavy atom. The van der Waals surface area contributed by atoms with Gasteiger partial charge in [-0.2, -0.15) is 0 Å².